The predicted octanol–water partition coefficient (Wildman–Crippen LogP) is 3.47. The van der Waals surface area contributed by atoms with E-state index in [0.29, 0.717) is 11.6 Å². The number of pyridine rings is 1. The Morgan fingerprint density at radius 1 is 1.14 bits per heavy atom. The predicted molar refractivity (Wildman–Crippen MR) is 85.6 cm³/mol. The lowest BCUT2D eigenvalue weighted by molar-refractivity contribution is 0.779. The number of rotatable bonds is 3. The molecule has 0 aliphatic carbocycles. The molecule has 106 valence electrons. The fourth-order valence-electron chi connectivity index (χ4n) is 2.17. The second kappa shape index (κ2) is 5.36. The van der Waals surface area contributed by atoms with E-state index in [1.165, 1.54) is 0 Å². The number of fused-ring (bicyclic) bond motifs is 1. The smallest absolute Gasteiger partial charge is 0.136 e. The lowest BCUT2D eigenvalue weighted by Gasteiger charge is -2.11. The molecule has 0 amide bonds. The van der Waals surface area contributed by atoms with Crippen LogP contribution in [0.1, 0.15) is 25.6 Å². The van der Waals surface area contributed by atoms with Gasteiger partial charge in [0.25, 0.3) is 0 Å². The highest BCUT2D eigenvalue weighted by molar-refractivity contribution is 5.94. The lowest BCUT2D eigenvalue weighted by atomic mass is 10.1. The van der Waals surface area contributed by atoms with Crippen molar-refractivity contribution in [2.24, 2.45) is 0 Å². The summed E-state index contributed by atoms with van der Waals surface area (Å²) < 4.78 is 0. The summed E-state index contributed by atoms with van der Waals surface area (Å²) in [5, 5.41) is 5.48. The fourth-order valence-corrected chi connectivity index (χ4v) is 2.17. The molecule has 1 aromatic carbocycles. The van der Waals surface area contributed by atoms with E-state index in [0.717, 1.165) is 22.3 Å². The molecule has 0 aliphatic rings. The molecule has 0 radical (unpaired) electrons. The van der Waals surface area contributed by atoms with Crippen LogP contribution in [0.25, 0.3) is 10.8 Å². The Morgan fingerprint density at radius 3 is 2.81 bits per heavy atom. The van der Waals surface area contributed by atoms with Crippen LogP contribution in [0.5, 0.6) is 0 Å². The van der Waals surface area contributed by atoms with Gasteiger partial charge in [-0.05, 0) is 17.5 Å². The van der Waals surface area contributed by atoms with Crippen LogP contribution in [0.3, 0.4) is 0 Å². The van der Waals surface area contributed by atoms with Crippen molar-refractivity contribution in [3.05, 3.63) is 48.5 Å². The van der Waals surface area contributed by atoms with Gasteiger partial charge < -0.3 is 11.1 Å². The molecule has 0 atom stereocenters. The van der Waals surface area contributed by atoms with E-state index in [9.17, 15) is 0 Å². The Kier molecular flexibility index (Phi) is 3.39. The Bertz CT molecular complexity index is 777. The quantitative estimate of drug-likeness (QED) is 0.767. The molecule has 0 saturated heterocycles. The molecule has 3 aromatic rings. The van der Waals surface area contributed by atoms with Gasteiger partial charge in [0, 0.05) is 35.5 Å². The Hall–Kier alpha value is -2.69. The minimum atomic E-state index is 0.225. The summed E-state index contributed by atoms with van der Waals surface area (Å²) in [7, 11) is 0. The third-order valence-electron chi connectivity index (χ3n) is 3.23. The Labute approximate surface area is 123 Å². The van der Waals surface area contributed by atoms with Crippen LogP contribution in [0.15, 0.2) is 42.7 Å². The van der Waals surface area contributed by atoms with Crippen LogP contribution in [-0.4, -0.2) is 15.0 Å². The third-order valence-corrected chi connectivity index (χ3v) is 3.23. The SMILES string of the molecule is CC(C)c1nc(N)cc(Nc2cccc3ccncc23)n1. The minimum Gasteiger partial charge on any atom is -0.384 e. The zero-order chi connectivity index (χ0) is 14.8. The number of nitrogens with one attached hydrogen (secondary N) is 1. The number of hydrogen-bond donors (Lipinski definition) is 2. The van der Waals surface area contributed by atoms with Crippen molar-refractivity contribution in [2.45, 2.75) is 19.8 Å². The van der Waals surface area contributed by atoms with Gasteiger partial charge in [-0.25, -0.2) is 9.97 Å². The second-order valence-corrected chi connectivity index (χ2v) is 5.22. The van der Waals surface area contributed by atoms with E-state index in [1.54, 1.807) is 12.3 Å². The fraction of sp³-hybridized carbons (Fsp3) is 0.188. The van der Waals surface area contributed by atoms with Gasteiger partial charge in [-0.3, -0.25) is 4.98 Å². The maximum atomic E-state index is 5.86. The average molecular weight is 279 g/mol. The molecular formula is C16H17N5. The van der Waals surface area contributed by atoms with Gasteiger partial charge in [0.1, 0.15) is 17.5 Å². The van der Waals surface area contributed by atoms with Crippen molar-refractivity contribution in [3.8, 4) is 0 Å². The molecule has 0 bridgehead atoms. The Morgan fingerprint density at radius 2 is 2.00 bits per heavy atom. The summed E-state index contributed by atoms with van der Waals surface area (Å²) in [4.78, 5) is 12.9. The van der Waals surface area contributed by atoms with Gasteiger partial charge in [-0.2, -0.15) is 0 Å². The molecule has 2 heterocycles. The lowest BCUT2D eigenvalue weighted by Crippen LogP contribution is -2.05. The van der Waals surface area contributed by atoms with Gasteiger partial charge in [0.15, 0.2) is 0 Å². The topological polar surface area (TPSA) is 76.7 Å². The van der Waals surface area contributed by atoms with Crippen LogP contribution in [-0.2, 0) is 0 Å². The van der Waals surface area contributed by atoms with E-state index in [4.69, 9.17) is 5.73 Å². The first-order valence-electron chi connectivity index (χ1n) is 6.87. The zero-order valence-electron chi connectivity index (χ0n) is 12.0. The van der Waals surface area contributed by atoms with Crippen molar-refractivity contribution in [2.75, 3.05) is 11.1 Å². The van der Waals surface area contributed by atoms with Crippen LogP contribution in [0, 0.1) is 0 Å². The standard InChI is InChI=1S/C16H17N5/c1-10(2)16-20-14(17)8-15(21-16)19-13-5-3-4-11-6-7-18-9-12(11)13/h3-10H,1-2H3,(H3,17,19,20,21). The highest BCUT2D eigenvalue weighted by Crippen LogP contribution is 2.26. The molecule has 21 heavy (non-hydrogen) atoms. The summed E-state index contributed by atoms with van der Waals surface area (Å²) in [6.07, 6.45) is 3.62. The normalized spacial score (nSPS) is 11.0. The van der Waals surface area contributed by atoms with Crippen molar-refractivity contribution in [1.29, 1.82) is 0 Å². The van der Waals surface area contributed by atoms with E-state index in [2.05, 4.69) is 26.3 Å². The largest absolute Gasteiger partial charge is 0.384 e. The summed E-state index contributed by atoms with van der Waals surface area (Å²) in [6, 6.07) is 9.77. The number of aromatic nitrogens is 3. The molecule has 3 N–H and O–H groups in total. The van der Waals surface area contributed by atoms with Gasteiger partial charge in [0.05, 0.1) is 0 Å². The number of nitrogens with two attached hydrogens (primary N) is 1. The molecule has 0 unspecified atom stereocenters. The highest BCUT2D eigenvalue weighted by atomic mass is 15.1. The number of hydrogen-bond acceptors (Lipinski definition) is 5. The summed E-state index contributed by atoms with van der Waals surface area (Å²) in [6.45, 7) is 4.08. The van der Waals surface area contributed by atoms with E-state index in [1.807, 2.05) is 38.2 Å². The van der Waals surface area contributed by atoms with E-state index < -0.39 is 0 Å². The van der Waals surface area contributed by atoms with Crippen LogP contribution >= 0.6 is 0 Å². The molecule has 0 spiro atoms. The Balaban J connectivity index is 2.03. The van der Waals surface area contributed by atoms with E-state index >= 15 is 0 Å². The van der Waals surface area contributed by atoms with Crippen LogP contribution in [0.4, 0.5) is 17.3 Å². The second-order valence-electron chi connectivity index (χ2n) is 5.22. The van der Waals surface area contributed by atoms with Gasteiger partial charge in [0.2, 0.25) is 0 Å². The maximum absolute atomic E-state index is 5.86. The first-order valence-corrected chi connectivity index (χ1v) is 6.87. The van der Waals surface area contributed by atoms with Crippen molar-refractivity contribution in [1.82, 2.24) is 15.0 Å². The summed E-state index contributed by atoms with van der Waals surface area (Å²) in [5.41, 5.74) is 6.81. The molecule has 0 saturated carbocycles. The third kappa shape index (κ3) is 2.76. The molecule has 5 heteroatoms. The highest BCUT2D eigenvalue weighted by Gasteiger charge is 2.08. The first-order chi connectivity index (χ1) is 10.1. The van der Waals surface area contributed by atoms with E-state index in [-0.39, 0.29) is 5.92 Å². The van der Waals surface area contributed by atoms with Gasteiger partial charge in [-0.1, -0.05) is 26.0 Å². The van der Waals surface area contributed by atoms with Gasteiger partial charge >= 0.3 is 0 Å². The van der Waals surface area contributed by atoms with Crippen LogP contribution < -0.4 is 11.1 Å². The number of anilines is 3. The molecular weight excluding hydrogens is 262 g/mol. The van der Waals surface area contributed by atoms with Crippen molar-refractivity contribution >= 4 is 28.1 Å². The monoisotopic (exact) mass is 279 g/mol. The minimum absolute atomic E-state index is 0.225. The summed E-state index contributed by atoms with van der Waals surface area (Å²) >= 11 is 0. The number of benzene rings is 1. The first kappa shape index (κ1) is 13.3. The molecule has 5 nitrogen and oxygen atoms in total. The average Bonchev–Trinajstić information content (AvgIpc) is 2.47. The zero-order valence-corrected chi connectivity index (χ0v) is 12.0. The van der Waals surface area contributed by atoms with Gasteiger partial charge in [-0.15, -0.1) is 0 Å². The van der Waals surface area contributed by atoms with Crippen molar-refractivity contribution in [3.63, 3.8) is 0 Å². The maximum Gasteiger partial charge on any atom is 0.136 e. The molecule has 3 rings (SSSR count). The molecule has 0 fully saturated rings. The number of nitrogens with zero attached hydrogens (tertiary/aromatic N) is 3. The summed E-state index contributed by atoms with van der Waals surface area (Å²) in [5.74, 6) is 2.12. The molecule has 2 aromatic heterocycles. The van der Waals surface area contributed by atoms with Crippen molar-refractivity contribution < 1.29 is 0 Å². The number of nitrogen functional groups attached to an aromatic ring is 1. The van der Waals surface area contributed by atoms with Crippen LogP contribution in [0.2, 0.25) is 0 Å². The molecule has 0 aliphatic heterocycles.